The second-order valence-electron chi connectivity index (χ2n) is 6.01. The molecule has 0 aromatic carbocycles. The van der Waals surface area contributed by atoms with Gasteiger partial charge >= 0.3 is 0 Å². The second kappa shape index (κ2) is 4.06. The molecular formula is C13H25NO. The Morgan fingerprint density at radius 2 is 2.07 bits per heavy atom. The summed E-state index contributed by atoms with van der Waals surface area (Å²) in [5, 5.41) is 0. The van der Waals surface area contributed by atoms with E-state index >= 15 is 0 Å². The molecule has 2 nitrogen and oxygen atoms in total. The molecular weight excluding hydrogens is 186 g/mol. The lowest BCUT2D eigenvalue weighted by atomic mass is 9.89. The van der Waals surface area contributed by atoms with Gasteiger partial charge in [0.15, 0.2) is 0 Å². The average molecular weight is 211 g/mol. The third kappa shape index (κ3) is 2.07. The summed E-state index contributed by atoms with van der Waals surface area (Å²) in [5.41, 5.74) is 0.293. The van der Waals surface area contributed by atoms with Crippen LogP contribution in [0, 0.1) is 5.92 Å². The zero-order valence-corrected chi connectivity index (χ0v) is 10.6. The van der Waals surface area contributed by atoms with E-state index in [2.05, 4.69) is 32.6 Å². The third-order valence-electron chi connectivity index (χ3n) is 4.04. The van der Waals surface area contributed by atoms with Gasteiger partial charge in [-0.3, -0.25) is 4.90 Å². The average Bonchev–Trinajstić information content (AvgIpc) is 2.55. The Bertz CT molecular complexity index is 221. The lowest BCUT2D eigenvalue weighted by Gasteiger charge is -2.38. The normalized spacial score (nSPS) is 38.0. The van der Waals surface area contributed by atoms with Gasteiger partial charge in [-0.05, 0) is 40.0 Å². The summed E-state index contributed by atoms with van der Waals surface area (Å²) >= 11 is 0. The number of fused-ring (bicyclic) bond motifs is 1. The zero-order valence-electron chi connectivity index (χ0n) is 10.6. The molecule has 88 valence electrons. The van der Waals surface area contributed by atoms with Gasteiger partial charge in [0.1, 0.15) is 0 Å². The summed E-state index contributed by atoms with van der Waals surface area (Å²) in [7, 11) is 0. The minimum atomic E-state index is 0.293. The van der Waals surface area contributed by atoms with Crippen molar-refractivity contribution < 1.29 is 4.74 Å². The lowest BCUT2D eigenvalue weighted by molar-refractivity contribution is -0.00627. The van der Waals surface area contributed by atoms with Gasteiger partial charge in [-0.2, -0.15) is 0 Å². The molecule has 0 aromatic heterocycles. The van der Waals surface area contributed by atoms with Crippen molar-refractivity contribution in [2.75, 3.05) is 13.2 Å². The van der Waals surface area contributed by atoms with E-state index in [4.69, 9.17) is 4.74 Å². The van der Waals surface area contributed by atoms with Crippen LogP contribution in [0.4, 0.5) is 0 Å². The summed E-state index contributed by atoms with van der Waals surface area (Å²) in [6.45, 7) is 11.4. The standard InChI is InChI=1S/C13H25NO/c1-5-11-10-7-6-8-15-12(10)9-14(11)13(2,3)4/h10-12H,5-9H2,1-4H3. The first-order valence-corrected chi connectivity index (χ1v) is 6.42. The first kappa shape index (κ1) is 11.4. The number of nitrogens with zero attached hydrogens (tertiary/aromatic N) is 1. The maximum Gasteiger partial charge on any atom is 0.0745 e. The van der Waals surface area contributed by atoms with Crippen molar-refractivity contribution in [1.82, 2.24) is 4.90 Å². The molecule has 2 saturated heterocycles. The fourth-order valence-electron chi connectivity index (χ4n) is 3.35. The van der Waals surface area contributed by atoms with Crippen LogP contribution in [-0.2, 0) is 4.74 Å². The molecule has 2 aliphatic rings. The number of likely N-dealkylation sites (tertiary alicyclic amines) is 1. The van der Waals surface area contributed by atoms with E-state index in [1.54, 1.807) is 0 Å². The fraction of sp³-hybridized carbons (Fsp3) is 1.00. The Balaban J connectivity index is 2.14. The molecule has 2 fully saturated rings. The maximum atomic E-state index is 5.92. The molecule has 2 rings (SSSR count). The minimum Gasteiger partial charge on any atom is -0.377 e. The van der Waals surface area contributed by atoms with Crippen molar-refractivity contribution >= 4 is 0 Å². The van der Waals surface area contributed by atoms with Crippen LogP contribution in [0.2, 0.25) is 0 Å². The van der Waals surface area contributed by atoms with Crippen LogP contribution < -0.4 is 0 Å². The van der Waals surface area contributed by atoms with Gasteiger partial charge in [-0.15, -0.1) is 0 Å². The van der Waals surface area contributed by atoms with Crippen molar-refractivity contribution in [3.8, 4) is 0 Å². The van der Waals surface area contributed by atoms with Crippen LogP contribution in [0.15, 0.2) is 0 Å². The molecule has 0 radical (unpaired) electrons. The molecule has 2 heterocycles. The van der Waals surface area contributed by atoms with Crippen molar-refractivity contribution in [3.05, 3.63) is 0 Å². The number of hydrogen-bond donors (Lipinski definition) is 0. The Kier molecular flexibility index (Phi) is 3.09. The topological polar surface area (TPSA) is 12.5 Å². The van der Waals surface area contributed by atoms with Crippen molar-refractivity contribution in [2.45, 2.75) is 64.6 Å². The molecule has 0 aliphatic carbocycles. The highest BCUT2D eigenvalue weighted by Crippen LogP contribution is 2.38. The smallest absolute Gasteiger partial charge is 0.0745 e. The molecule has 0 N–H and O–H groups in total. The van der Waals surface area contributed by atoms with Gasteiger partial charge in [0.25, 0.3) is 0 Å². The Labute approximate surface area is 94.0 Å². The maximum absolute atomic E-state index is 5.92. The molecule has 2 heteroatoms. The van der Waals surface area contributed by atoms with Gasteiger partial charge in [0, 0.05) is 30.7 Å². The molecule has 0 spiro atoms. The molecule has 0 aromatic rings. The Morgan fingerprint density at radius 1 is 1.33 bits per heavy atom. The summed E-state index contributed by atoms with van der Waals surface area (Å²) in [6.07, 6.45) is 4.41. The predicted molar refractivity (Wildman–Crippen MR) is 63.0 cm³/mol. The molecule has 0 saturated carbocycles. The Morgan fingerprint density at radius 3 is 2.67 bits per heavy atom. The largest absolute Gasteiger partial charge is 0.377 e. The van der Waals surface area contributed by atoms with Crippen molar-refractivity contribution in [2.24, 2.45) is 5.92 Å². The van der Waals surface area contributed by atoms with Crippen molar-refractivity contribution in [1.29, 1.82) is 0 Å². The highest BCUT2D eigenvalue weighted by molar-refractivity contribution is 4.99. The van der Waals surface area contributed by atoms with Crippen molar-refractivity contribution in [3.63, 3.8) is 0 Å². The highest BCUT2D eigenvalue weighted by atomic mass is 16.5. The van der Waals surface area contributed by atoms with Gasteiger partial charge in [-0.25, -0.2) is 0 Å². The van der Waals surface area contributed by atoms with Crippen LogP contribution in [0.5, 0.6) is 0 Å². The minimum absolute atomic E-state index is 0.293. The number of hydrogen-bond acceptors (Lipinski definition) is 2. The van der Waals surface area contributed by atoms with E-state index < -0.39 is 0 Å². The molecule has 0 amide bonds. The van der Waals surface area contributed by atoms with Crippen LogP contribution >= 0.6 is 0 Å². The van der Waals surface area contributed by atoms with E-state index in [9.17, 15) is 0 Å². The monoisotopic (exact) mass is 211 g/mol. The number of ether oxygens (including phenoxy) is 1. The van der Waals surface area contributed by atoms with E-state index in [-0.39, 0.29) is 0 Å². The third-order valence-corrected chi connectivity index (χ3v) is 4.04. The van der Waals surface area contributed by atoms with Crippen LogP contribution in [0.3, 0.4) is 0 Å². The summed E-state index contributed by atoms with van der Waals surface area (Å²) in [4.78, 5) is 2.66. The first-order valence-electron chi connectivity index (χ1n) is 6.42. The van der Waals surface area contributed by atoms with E-state index in [1.807, 2.05) is 0 Å². The summed E-state index contributed by atoms with van der Waals surface area (Å²) in [5.74, 6) is 0.794. The SMILES string of the molecule is CCC1C2CCCOC2CN1C(C)(C)C. The molecule has 3 atom stereocenters. The van der Waals surface area contributed by atoms with E-state index in [1.165, 1.54) is 19.3 Å². The second-order valence-corrected chi connectivity index (χ2v) is 6.01. The lowest BCUT2D eigenvalue weighted by Crippen LogP contribution is -2.45. The Hall–Kier alpha value is -0.0800. The summed E-state index contributed by atoms with van der Waals surface area (Å²) < 4.78 is 5.92. The van der Waals surface area contributed by atoms with E-state index in [0.29, 0.717) is 11.6 Å². The fourth-order valence-corrected chi connectivity index (χ4v) is 3.35. The number of rotatable bonds is 1. The van der Waals surface area contributed by atoms with Crippen LogP contribution in [-0.4, -0.2) is 35.7 Å². The first-order chi connectivity index (χ1) is 7.04. The zero-order chi connectivity index (χ0) is 11.1. The van der Waals surface area contributed by atoms with E-state index in [0.717, 1.165) is 25.1 Å². The molecule has 2 aliphatic heterocycles. The molecule has 15 heavy (non-hydrogen) atoms. The predicted octanol–water partition coefficient (Wildman–Crippen LogP) is 2.67. The quantitative estimate of drug-likeness (QED) is 0.661. The van der Waals surface area contributed by atoms with Gasteiger partial charge in [0.2, 0.25) is 0 Å². The summed E-state index contributed by atoms with van der Waals surface area (Å²) in [6, 6.07) is 0.746. The van der Waals surface area contributed by atoms with Gasteiger partial charge in [0.05, 0.1) is 6.10 Å². The highest BCUT2D eigenvalue weighted by Gasteiger charge is 2.45. The van der Waals surface area contributed by atoms with Gasteiger partial charge < -0.3 is 4.74 Å². The van der Waals surface area contributed by atoms with Crippen LogP contribution in [0.1, 0.15) is 47.0 Å². The van der Waals surface area contributed by atoms with Gasteiger partial charge in [-0.1, -0.05) is 6.92 Å². The molecule has 3 unspecified atom stereocenters. The molecule has 0 bridgehead atoms. The van der Waals surface area contributed by atoms with Crippen LogP contribution in [0.25, 0.3) is 0 Å².